The summed E-state index contributed by atoms with van der Waals surface area (Å²) in [6.07, 6.45) is 0.686. The van der Waals surface area contributed by atoms with Crippen molar-refractivity contribution in [2.75, 3.05) is 12.9 Å². The predicted molar refractivity (Wildman–Crippen MR) is 61.4 cm³/mol. The molecule has 0 fully saturated rings. The molecule has 0 bridgehead atoms. The second kappa shape index (κ2) is 5.44. The number of hydrogen-bond acceptors (Lipinski definition) is 5. The molecule has 0 aliphatic heterocycles. The van der Waals surface area contributed by atoms with E-state index in [1.165, 1.54) is 6.92 Å². The van der Waals surface area contributed by atoms with Gasteiger partial charge in [0, 0.05) is 6.26 Å². The van der Waals surface area contributed by atoms with Gasteiger partial charge in [-0.1, -0.05) is 34.8 Å². The normalized spacial score (nSPS) is 14.3. The molecule has 94 valence electrons. The van der Waals surface area contributed by atoms with Crippen molar-refractivity contribution in [1.29, 1.82) is 0 Å². The van der Waals surface area contributed by atoms with Gasteiger partial charge in [0.05, 0.1) is 6.61 Å². The maximum Gasteiger partial charge on any atom is 0.353 e. The molecule has 16 heavy (non-hydrogen) atoms. The van der Waals surface area contributed by atoms with Gasteiger partial charge in [-0.15, -0.1) is 0 Å². The van der Waals surface area contributed by atoms with Crippen LogP contribution in [0, 0.1) is 0 Å². The number of carbonyl (C=O) groups is 1. The number of allylic oxidation sites excluding steroid dienone is 1. The van der Waals surface area contributed by atoms with Crippen LogP contribution in [0.4, 0.5) is 0 Å². The highest BCUT2D eigenvalue weighted by Crippen LogP contribution is 2.36. The molecule has 0 saturated carbocycles. The standard InChI is InChI=1S/C7H9Cl3O5S/c1-3-15-6(12)4(16(2,13)14)5(11)7(8,9)10/h11H,3H2,1-2H3/b5-4+. The summed E-state index contributed by atoms with van der Waals surface area (Å²) >= 11 is 15.8. The molecule has 0 saturated heterocycles. The summed E-state index contributed by atoms with van der Waals surface area (Å²) in [4.78, 5) is 10.2. The molecule has 0 spiro atoms. The summed E-state index contributed by atoms with van der Waals surface area (Å²) in [7, 11) is -4.07. The Bertz CT molecular complexity index is 406. The molecule has 0 radical (unpaired) electrons. The first-order valence-corrected chi connectivity index (χ1v) is 6.92. The van der Waals surface area contributed by atoms with Gasteiger partial charge in [0.25, 0.3) is 0 Å². The van der Waals surface area contributed by atoms with Gasteiger partial charge in [-0.2, -0.15) is 0 Å². The van der Waals surface area contributed by atoms with Crippen molar-refractivity contribution in [1.82, 2.24) is 0 Å². The van der Waals surface area contributed by atoms with Gasteiger partial charge in [0.15, 0.2) is 20.5 Å². The molecule has 0 atom stereocenters. The third kappa shape index (κ3) is 4.37. The van der Waals surface area contributed by atoms with E-state index >= 15 is 0 Å². The van der Waals surface area contributed by atoms with Crippen LogP contribution in [0.5, 0.6) is 0 Å². The molecule has 0 unspecified atom stereocenters. The van der Waals surface area contributed by atoms with Crippen LogP contribution in [0.2, 0.25) is 0 Å². The van der Waals surface area contributed by atoms with Crippen molar-refractivity contribution < 1.29 is 23.1 Å². The van der Waals surface area contributed by atoms with Crippen LogP contribution in [0.1, 0.15) is 6.92 Å². The molecule has 0 rings (SSSR count). The first kappa shape index (κ1) is 15.8. The molecule has 9 heteroatoms. The zero-order valence-corrected chi connectivity index (χ0v) is 11.4. The van der Waals surface area contributed by atoms with Crippen molar-refractivity contribution in [3.8, 4) is 0 Å². The minimum Gasteiger partial charge on any atom is -0.506 e. The molecule has 0 aliphatic rings. The van der Waals surface area contributed by atoms with E-state index in [0.717, 1.165) is 0 Å². The molecular formula is C7H9Cl3O5S. The third-order valence-corrected chi connectivity index (χ3v) is 2.95. The fourth-order valence-electron chi connectivity index (χ4n) is 0.749. The van der Waals surface area contributed by atoms with E-state index in [2.05, 4.69) is 4.74 Å². The Morgan fingerprint density at radius 1 is 1.38 bits per heavy atom. The first-order chi connectivity index (χ1) is 7.01. The maximum atomic E-state index is 11.3. The quantitative estimate of drug-likeness (QED) is 0.371. The summed E-state index contributed by atoms with van der Waals surface area (Å²) in [5.74, 6) is -2.45. The van der Waals surface area contributed by atoms with E-state index in [0.29, 0.717) is 6.26 Å². The predicted octanol–water partition coefficient (Wildman–Crippen LogP) is 1.73. The van der Waals surface area contributed by atoms with Crippen molar-refractivity contribution >= 4 is 50.6 Å². The number of ether oxygens (including phenoxy) is 1. The van der Waals surface area contributed by atoms with E-state index < -0.39 is 30.3 Å². The van der Waals surface area contributed by atoms with E-state index in [1.54, 1.807) is 0 Å². The lowest BCUT2D eigenvalue weighted by molar-refractivity contribution is -0.137. The van der Waals surface area contributed by atoms with Gasteiger partial charge >= 0.3 is 5.97 Å². The number of sulfone groups is 1. The van der Waals surface area contributed by atoms with E-state index in [-0.39, 0.29) is 6.61 Å². The van der Waals surface area contributed by atoms with Gasteiger partial charge < -0.3 is 9.84 Å². The molecule has 0 aromatic carbocycles. The fraction of sp³-hybridized carbons (Fsp3) is 0.571. The SMILES string of the molecule is CCOC(=O)/C(=C(\O)C(Cl)(Cl)Cl)S(C)(=O)=O. The number of carbonyl (C=O) groups excluding carboxylic acids is 1. The average Bonchev–Trinajstić information content (AvgIpc) is 1.99. The second-order valence-corrected chi connectivity index (χ2v) is 6.90. The first-order valence-electron chi connectivity index (χ1n) is 3.89. The van der Waals surface area contributed by atoms with Gasteiger partial charge in [-0.05, 0) is 6.92 Å². The monoisotopic (exact) mass is 310 g/mol. The van der Waals surface area contributed by atoms with Gasteiger partial charge in [-0.25, -0.2) is 13.2 Å². The lowest BCUT2D eigenvalue weighted by Gasteiger charge is -2.13. The molecule has 0 heterocycles. The zero-order chi connectivity index (χ0) is 13.1. The number of rotatable bonds is 3. The fourth-order valence-corrected chi connectivity index (χ4v) is 2.07. The van der Waals surface area contributed by atoms with E-state index in [4.69, 9.17) is 34.8 Å². The Morgan fingerprint density at radius 3 is 2.06 bits per heavy atom. The van der Waals surface area contributed by atoms with Crippen LogP contribution >= 0.6 is 34.8 Å². The van der Waals surface area contributed by atoms with Gasteiger partial charge in [-0.3, -0.25) is 0 Å². The van der Waals surface area contributed by atoms with Gasteiger partial charge in [0.2, 0.25) is 3.79 Å². The lowest BCUT2D eigenvalue weighted by Crippen LogP contribution is -2.22. The second-order valence-electron chi connectivity index (χ2n) is 2.67. The minimum atomic E-state index is -4.07. The Labute approximate surface area is 108 Å². The Hall–Kier alpha value is -0.170. The van der Waals surface area contributed by atoms with E-state index in [9.17, 15) is 18.3 Å². The maximum absolute atomic E-state index is 11.3. The number of aliphatic hydroxyl groups is 1. The summed E-state index contributed by atoms with van der Waals surface area (Å²) in [5, 5.41) is 9.38. The van der Waals surface area contributed by atoms with E-state index in [1.807, 2.05) is 0 Å². The van der Waals surface area contributed by atoms with Crippen molar-refractivity contribution in [2.24, 2.45) is 0 Å². The molecule has 5 nitrogen and oxygen atoms in total. The summed E-state index contributed by atoms with van der Waals surface area (Å²) in [6, 6.07) is 0. The number of esters is 1. The number of halogens is 3. The topological polar surface area (TPSA) is 80.7 Å². The molecule has 0 aromatic rings. The molecular weight excluding hydrogens is 302 g/mol. The van der Waals surface area contributed by atoms with Crippen LogP contribution in [-0.4, -0.2) is 36.1 Å². The highest BCUT2D eigenvalue weighted by Gasteiger charge is 2.37. The molecule has 1 N–H and O–H groups in total. The van der Waals surface area contributed by atoms with Crippen molar-refractivity contribution in [3.63, 3.8) is 0 Å². The third-order valence-electron chi connectivity index (χ3n) is 1.32. The number of alkyl halides is 3. The van der Waals surface area contributed by atoms with Crippen molar-refractivity contribution in [3.05, 3.63) is 10.7 Å². The Balaban J connectivity index is 5.72. The van der Waals surface area contributed by atoms with Crippen LogP contribution < -0.4 is 0 Å². The number of aliphatic hydroxyl groups excluding tert-OH is 1. The van der Waals surface area contributed by atoms with Crippen LogP contribution in [0.3, 0.4) is 0 Å². The molecule has 0 aromatic heterocycles. The summed E-state index contributed by atoms with van der Waals surface area (Å²) in [6.45, 7) is 1.38. The van der Waals surface area contributed by atoms with Crippen LogP contribution in [-0.2, 0) is 19.4 Å². The minimum absolute atomic E-state index is 0.0784. The number of hydrogen-bond donors (Lipinski definition) is 1. The average molecular weight is 312 g/mol. The largest absolute Gasteiger partial charge is 0.506 e. The molecule has 0 aliphatic carbocycles. The summed E-state index contributed by atoms with van der Waals surface area (Å²) in [5.41, 5.74) is 0. The smallest absolute Gasteiger partial charge is 0.353 e. The van der Waals surface area contributed by atoms with Crippen LogP contribution in [0.25, 0.3) is 0 Å². The van der Waals surface area contributed by atoms with Gasteiger partial charge in [0.1, 0.15) is 0 Å². The highest BCUT2D eigenvalue weighted by atomic mass is 35.6. The lowest BCUT2D eigenvalue weighted by atomic mass is 10.4. The highest BCUT2D eigenvalue weighted by molar-refractivity contribution is 7.95. The van der Waals surface area contributed by atoms with Crippen molar-refractivity contribution in [2.45, 2.75) is 10.7 Å². The molecule has 0 amide bonds. The zero-order valence-electron chi connectivity index (χ0n) is 8.33. The Kier molecular flexibility index (Phi) is 5.38. The van der Waals surface area contributed by atoms with Crippen LogP contribution in [0.15, 0.2) is 10.7 Å². The summed E-state index contributed by atoms with van der Waals surface area (Å²) < 4.78 is 24.5. The Morgan fingerprint density at radius 2 is 1.81 bits per heavy atom.